The third-order valence-electron chi connectivity index (χ3n) is 4.44. The zero-order chi connectivity index (χ0) is 21.9. The van der Waals surface area contributed by atoms with Crippen LogP contribution in [-0.2, 0) is 19.6 Å². The lowest BCUT2D eigenvalue weighted by Crippen LogP contribution is -2.45. The van der Waals surface area contributed by atoms with Gasteiger partial charge in [0.1, 0.15) is 19.3 Å². The van der Waals surface area contributed by atoms with Crippen molar-refractivity contribution in [2.45, 2.75) is 13.0 Å². The van der Waals surface area contributed by atoms with E-state index >= 15 is 0 Å². The molecular weight excluding hydrogens is 412 g/mol. The quantitative estimate of drug-likeness (QED) is 0.693. The second-order valence-corrected chi connectivity index (χ2v) is 8.48. The van der Waals surface area contributed by atoms with Gasteiger partial charge in [-0.15, -0.1) is 0 Å². The van der Waals surface area contributed by atoms with E-state index in [0.717, 1.165) is 10.6 Å². The second kappa shape index (κ2) is 8.62. The van der Waals surface area contributed by atoms with Crippen LogP contribution in [0.5, 0.6) is 11.5 Å². The van der Waals surface area contributed by atoms with Crippen molar-refractivity contribution >= 4 is 33.3 Å². The highest BCUT2D eigenvalue weighted by molar-refractivity contribution is 7.92. The van der Waals surface area contributed by atoms with Gasteiger partial charge in [-0.1, -0.05) is 0 Å². The number of anilines is 2. The van der Waals surface area contributed by atoms with Crippen LogP contribution in [0.1, 0.15) is 17.3 Å². The Morgan fingerprint density at radius 3 is 2.30 bits per heavy atom. The van der Waals surface area contributed by atoms with Crippen molar-refractivity contribution in [3.63, 3.8) is 0 Å². The number of methoxy groups -OCH3 is 1. The predicted molar refractivity (Wildman–Crippen MR) is 111 cm³/mol. The number of fused-ring (bicyclic) bond motifs is 1. The lowest BCUT2D eigenvalue weighted by Gasteiger charge is -2.29. The van der Waals surface area contributed by atoms with Crippen LogP contribution in [0.25, 0.3) is 0 Å². The van der Waals surface area contributed by atoms with Gasteiger partial charge < -0.3 is 19.5 Å². The molecule has 1 amide bonds. The zero-order valence-corrected chi connectivity index (χ0v) is 17.6. The second-order valence-electron chi connectivity index (χ2n) is 6.62. The number of hydrogen-bond acceptors (Lipinski definition) is 7. The minimum Gasteiger partial charge on any atom is -0.486 e. The molecule has 2 aromatic carbocycles. The molecule has 2 aromatic rings. The van der Waals surface area contributed by atoms with E-state index in [-0.39, 0.29) is 5.69 Å². The SMILES string of the molecule is COC(=O)c1ccc(NC(=O)[C@@H](C)N(c2ccc3c(c2)OCCO3)S(C)(=O)=O)cc1. The monoisotopic (exact) mass is 434 g/mol. The first-order valence-electron chi connectivity index (χ1n) is 9.09. The predicted octanol–water partition coefficient (Wildman–Crippen LogP) is 2.04. The molecule has 0 fully saturated rings. The number of nitrogens with zero attached hydrogens (tertiary/aromatic N) is 1. The molecule has 1 atom stereocenters. The maximum Gasteiger partial charge on any atom is 0.337 e. The van der Waals surface area contributed by atoms with E-state index in [2.05, 4.69) is 10.1 Å². The minimum absolute atomic E-state index is 0.283. The molecule has 0 aromatic heterocycles. The molecule has 0 bridgehead atoms. The molecule has 1 aliphatic heterocycles. The normalized spacial score (nSPS) is 13.8. The Hall–Kier alpha value is -3.27. The minimum atomic E-state index is -3.79. The van der Waals surface area contributed by atoms with Gasteiger partial charge in [-0.3, -0.25) is 9.10 Å². The van der Waals surface area contributed by atoms with Crippen molar-refractivity contribution in [3.05, 3.63) is 48.0 Å². The lowest BCUT2D eigenvalue weighted by molar-refractivity contribution is -0.116. The summed E-state index contributed by atoms with van der Waals surface area (Å²) in [5.74, 6) is -0.108. The standard InChI is InChI=1S/C20H22N2O7S/c1-13(19(23)21-15-6-4-14(5-7-15)20(24)27-2)22(30(3,25)26)16-8-9-17-18(12-16)29-11-10-28-17/h4-9,12-13H,10-11H2,1-3H3,(H,21,23)/t13-/m1/s1. The maximum atomic E-state index is 12.8. The number of carbonyl (C=O) groups is 2. The molecule has 10 heteroatoms. The molecule has 0 radical (unpaired) electrons. The van der Waals surface area contributed by atoms with Crippen LogP contribution in [0.3, 0.4) is 0 Å². The molecule has 0 saturated carbocycles. The Kier molecular flexibility index (Phi) is 6.16. The summed E-state index contributed by atoms with van der Waals surface area (Å²) in [6, 6.07) is 9.72. The number of amides is 1. The number of carbonyl (C=O) groups excluding carboxylic acids is 2. The molecule has 0 saturated heterocycles. The van der Waals surface area contributed by atoms with Crippen molar-refractivity contribution < 1.29 is 32.2 Å². The molecule has 30 heavy (non-hydrogen) atoms. The molecule has 9 nitrogen and oxygen atoms in total. The molecule has 160 valence electrons. The van der Waals surface area contributed by atoms with E-state index in [9.17, 15) is 18.0 Å². The number of ether oxygens (including phenoxy) is 3. The van der Waals surface area contributed by atoms with Crippen molar-refractivity contribution in [2.24, 2.45) is 0 Å². The van der Waals surface area contributed by atoms with Crippen LogP contribution < -0.4 is 19.1 Å². The molecule has 0 spiro atoms. The average Bonchev–Trinajstić information content (AvgIpc) is 2.72. The largest absolute Gasteiger partial charge is 0.486 e. The van der Waals surface area contributed by atoms with Gasteiger partial charge in [0.25, 0.3) is 0 Å². The van der Waals surface area contributed by atoms with Crippen molar-refractivity contribution in [3.8, 4) is 11.5 Å². The summed E-state index contributed by atoms with van der Waals surface area (Å²) in [5, 5.41) is 2.66. The third-order valence-corrected chi connectivity index (χ3v) is 5.68. The fourth-order valence-electron chi connectivity index (χ4n) is 3.03. The van der Waals surface area contributed by atoms with Gasteiger partial charge in [0.2, 0.25) is 15.9 Å². The Balaban J connectivity index is 1.82. The van der Waals surface area contributed by atoms with Crippen molar-refractivity contribution in [1.82, 2.24) is 0 Å². The first-order chi connectivity index (χ1) is 14.2. The first kappa shape index (κ1) is 21.4. The van der Waals surface area contributed by atoms with Crippen molar-refractivity contribution in [1.29, 1.82) is 0 Å². The summed E-state index contributed by atoms with van der Waals surface area (Å²) in [7, 11) is -2.51. The van der Waals surface area contributed by atoms with E-state index in [4.69, 9.17) is 9.47 Å². The van der Waals surface area contributed by atoms with Gasteiger partial charge in [0.05, 0.1) is 24.6 Å². The Morgan fingerprint density at radius 1 is 1.07 bits per heavy atom. The van der Waals surface area contributed by atoms with Crippen LogP contribution in [0, 0.1) is 0 Å². The van der Waals surface area contributed by atoms with Gasteiger partial charge in [-0.05, 0) is 43.3 Å². The number of esters is 1. The fraction of sp³-hybridized carbons (Fsp3) is 0.300. The Morgan fingerprint density at radius 2 is 1.70 bits per heavy atom. The van der Waals surface area contributed by atoms with Crippen LogP contribution in [0.15, 0.2) is 42.5 Å². The lowest BCUT2D eigenvalue weighted by atomic mass is 10.2. The van der Waals surface area contributed by atoms with Gasteiger partial charge in [-0.2, -0.15) is 0 Å². The summed E-state index contributed by atoms with van der Waals surface area (Å²) < 4.78 is 41.6. The maximum absolute atomic E-state index is 12.8. The number of benzene rings is 2. The van der Waals surface area contributed by atoms with E-state index in [0.29, 0.717) is 36.0 Å². The Labute approximate surface area is 174 Å². The zero-order valence-electron chi connectivity index (χ0n) is 16.7. The van der Waals surface area contributed by atoms with Crippen LogP contribution in [0.4, 0.5) is 11.4 Å². The van der Waals surface area contributed by atoms with Gasteiger partial charge in [0, 0.05) is 11.8 Å². The van der Waals surface area contributed by atoms with Gasteiger partial charge in [0.15, 0.2) is 11.5 Å². The molecule has 1 aliphatic rings. The van der Waals surface area contributed by atoms with Crippen LogP contribution in [0.2, 0.25) is 0 Å². The molecule has 3 rings (SSSR count). The van der Waals surface area contributed by atoms with Gasteiger partial charge >= 0.3 is 5.97 Å². The summed E-state index contributed by atoms with van der Waals surface area (Å²) >= 11 is 0. The van der Waals surface area contributed by atoms with E-state index < -0.39 is 27.9 Å². The summed E-state index contributed by atoms with van der Waals surface area (Å²) in [4.78, 5) is 24.3. The molecule has 0 aliphatic carbocycles. The van der Waals surface area contributed by atoms with E-state index in [1.165, 1.54) is 44.4 Å². The van der Waals surface area contributed by atoms with E-state index in [1.807, 2.05) is 0 Å². The topological polar surface area (TPSA) is 111 Å². The first-order valence-corrected chi connectivity index (χ1v) is 10.9. The fourth-order valence-corrected chi connectivity index (χ4v) is 4.20. The highest BCUT2D eigenvalue weighted by Gasteiger charge is 2.30. The average molecular weight is 434 g/mol. The summed E-state index contributed by atoms with van der Waals surface area (Å²) in [6.07, 6.45) is 1.03. The Bertz CT molecular complexity index is 1050. The number of nitrogens with one attached hydrogen (secondary N) is 1. The number of sulfonamides is 1. The summed E-state index contributed by atoms with van der Waals surface area (Å²) in [6.45, 7) is 2.25. The number of rotatable bonds is 6. The van der Waals surface area contributed by atoms with E-state index in [1.54, 1.807) is 12.1 Å². The molecular formula is C20H22N2O7S. The molecule has 0 unspecified atom stereocenters. The highest BCUT2D eigenvalue weighted by Crippen LogP contribution is 2.35. The summed E-state index contributed by atoms with van der Waals surface area (Å²) in [5.41, 5.74) is 1.03. The van der Waals surface area contributed by atoms with Gasteiger partial charge in [-0.25, -0.2) is 13.2 Å². The smallest absolute Gasteiger partial charge is 0.337 e. The molecule has 1 N–H and O–H groups in total. The van der Waals surface area contributed by atoms with Crippen molar-refractivity contribution in [2.75, 3.05) is 36.2 Å². The highest BCUT2D eigenvalue weighted by atomic mass is 32.2. The third kappa shape index (κ3) is 4.65. The van der Waals surface area contributed by atoms with Crippen LogP contribution >= 0.6 is 0 Å². The number of hydrogen-bond donors (Lipinski definition) is 1. The van der Waals surface area contributed by atoms with Crippen LogP contribution in [-0.4, -0.2) is 52.9 Å². The molecule has 1 heterocycles.